The van der Waals surface area contributed by atoms with Gasteiger partial charge < -0.3 is 16.0 Å². The van der Waals surface area contributed by atoms with Gasteiger partial charge in [-0.3, -0.25) is 4.79 Å². The van der Waals surface area contributed by atoms with Crippen molar-refractivity contribution in [3.63, 3.8) is 0 Å². The standard InChI is InChI=1S/C19H23F3N4OS/c1-4-23-19(25-11(2)9-13-6-5-12(3)28-13)24-10-16(27)26-15-8-7-14(20)17(21)18(15)22/h5-8,11H,4,9-10H2,1-3H3,(H,26,27)(H2,23,24,25). The number of rotatable bonds is 7. The summed E-state index contributed by atoms with van der Waals surface area (Å²) in [6.45, 7) is 6.22. The van der Waals surface area contributed by atoms with E-state index >= 15 is 0 Å². The minimum absolute atomic E-state index is 0.0718. The Kier molecular flexibility index (Phi) is 7.86. The number of aliphatic imine (C=N–C) groups is 1. The highest BCUT2D eigenvalue weighted by Gasteiger charge is 2.15. The third-order valence-corrected chi connectivity index (χ3v) is 4.74. The topological polar surface area (TPSA) is 65.5 Å². The van der Waals surface area contributed by atoms with E-state index in [-0.39, 0.29) is 12.6 Å². The summed E-state index contributed by atoms with van der Waals surface area (Å²) in [5.41, 5.74) is -0.432. The van der Waals surface area contributed by atoms with E-state index in [0.29, 0.717) is 12.5 Å². The number of carbonyl (C=O) groups excluding carboxylic acids is 1. The van der Waals surface area contributed by atoms with Crippen LogP contribution in [0.15, 0.2) is 29.3 Å². The lowest BCUT2D eigenvalue weighted by molar-refractivity contribution is -0.114. The number of halogens is 3. The lowest BCUT2D eigenvalue weighted by Crippen LogP contribution is -2.43. The van der Waals surface area contributed by atoms with Crippen molar-refractivity contribution in [2.24, 2.45) is 4.99 Å². The predicted octanol–water partition coefficient (Wildman–Crippen LogP) is 3.60. The number of anilines is 1. The second kappa shape index (κ2) is 10.1. The average Bonchev–Trinajstić information content (AvgIpc) is 3.05. The molecule has 2 rings (SSSR count). The number of guanidine groups is 1. The predicted molar refractivity (Wildman–Crippen MR) is 106 cm³/mol. The van der Waals surface area contributed by atoms with E-state index in [9.17, 15) is 18.0 Å². The van der Waals surface area contributed by atoms with Crippen LogP contribution >= 0.6 is 11.3 Å². The van der Waals surface area contributed by atoms with E-state index in [4.69, 9.17) is 0 Å². The van der Waals surface area contributed by atoms with E-state index in [1.165, 1.54) is 9.75 Å². The molecule has 0 radical (unpaired) electrons. The molecule has 0 saturated carbocycles. The van der Waals surface area contributed by atoms with Gasteiger partial charge in [-0.05, 0) is 45.0 Å². The van der Waals surface area contributed by atoms with Gasteiger partial charge in [0.2, 0.25) is 5.91 Å². The number of amides is 1. The Bertz CT molecular complexity index is 854. The van der Waals surface area contributed by atoms with Crippen molar-refractivity contribution in [3.05, 3.63) is 51.5 Å². The molecule has 0 aliphatic heterocycles. The molecule has 0 spiro atoms. The van der Waals surface area contributed by atoms with E-state index in [0.717, 1.165) is 18.6 Å². The zero-order valence-corrected chi connectivity index (χ0v) is 16.7. The van der Waals surface area contributed by atoms with Crippen molar-refractivity contribution in [1.82, 2.24) is 10.6 Å². The van der Waals surface area contributed by atoms with Crippen LogP contribution in [0.3, 0.4) is 0 Å². The average molecular weight is 412 g/mol. The maximum absolute atomic E-state index is 13.6. The van der Waals surface area contributed by atoms with Gasteiger partial charge in [0.05, 0.1) is 5.69 Å². The molecule has 0 bridgehead atoms. The number of hydrogen-bond donors (Lipinski definition) is 3. The molecule has 0 aliphatic rings. The Hall–Kier alpha value is -2.55. The molecule has 1 aromatic heterocycles. The number of aryl methyl sites for hydroxylation is 1. The van der Waals surface area contributed by atoms with E-state index in [1.807, 2.05) is 20.8 Å². The van der Waals surface area contributed by atoms with Gasteiger partial charge in [-0.25, -0.2) is 18.2 Å². The van der Waals surface area contributed by atoms with Crippen molar-refractivity contribution in [3.8, 4) is 0 Å². The number of thiophene rings is 1. The van der Waals surface area contributed by atoms with Gasteiger partial charge in [-0.1, -0.05) is 0 Å². The fourth-order valence-electron chi connectivity index (χ4n) is 2.46. The summed E-state index contributed by atoms with van der Waals surface area (Å²) in [7, 11) is 0. The highest BCUT2D eigenvalue weighted by Crippen LogP contribution is 2.19. The zero-order valence-electron chi connectivity index (χ0n) is 15.9. The minimum atomic E-state index is -1.63. The molecular formula is C19H23F3N4OS. The Balaban J connectivity index is 1.95. The third-order valence-electron chi connectivity index (χ3n) is 3.72. The van der Waals surface area contributed by atoms with Gasteiger partial charge in [0, 0.05) is 28.8 Å². The Morgan fingerprint density at radius 3 is 2.57 bits per heavy atom. The van der Waals surface area contributed by atoms with Gasteiger partial charge >= 0.3 is 0 Å². The molecule has 152 valence electrons. The van der Waals surface area contributed by atoms with Crippen LogP contribution < -0.4 is 16.0 Å². The van der Waals surface area contributed by atoms with E-state index in [1.54, 1.807) is 11.3 Å². The molecule has 0 saturated heterocycles. The third kappa shape index (κ3) is 6.26. The van der Waals surface area contributed by atoms with Gasteiger partial charge in [-0.15, -0.1) is 11.3 Å². The molecule has 5 nitrogen and oxygen atoms in total. The second-order valence-corrected chi connectivity index (χ2v) is 7.60. The summed E-state index contributed by atoms with van der Waals surface area (Å²) >= 11 is 1.72. The molecule has 28 heavy (non-hydrogen) atoms. The summed E-state index contributed by atoms with van der Waals surface area (Å²) < 4.78 is 39.8. The van der Waals surface area contributed by atoms with Crippen LogP contribution in [0.2, 0.25) is 0 Å². The zero-order chi connectivity index (χ0) is 20.7. The molecule has 1 unspecified atom stereocenters. The van der Waals surface area contributed by atoms with Crippen LogP contribution in [0, 0.1) is 24.4 Å². The van der Waals surface area contributed by atoms with Crippen molar-refractivity contribution in [2.75, 3.05) is 18.4 Å². The smallest absolute Gasteiger partial charge is 0.246 e. The summed E-state index contributed by atoms with van der Waals surface area (Å²) in [6.07, 6.45) is 0.801. The van der Waals surface area contributed by atoms with Crippen LogP contribution in [0.25, 0.3) is 0 Å². The first-order chi connectivity index (χ1) is 13.3. The van der Waals surface area contributed by atoms with Crippen LogP contribution in [-0.4, -0.2) is 31.0 Å². The van der Waals surface area contributed by atoms with Crippen molar-refractivity contribution < 1.29 is 18.0 Å². The molecule has 1 amide bonds. The quantitative estimate of drug-likeness (QED) is 0.370. The monoisotopic (exact) mass is 412 g/mol. The molecule has 2 aromatic rings. The minimum Gasteiger partial charge on any atom is -0.357 e. The Morgan fingerprint density at radius 2 is 1.93 bits per heavy atom. The number of benzene rings is 1. The largest absolute Gasteiger partial charge is 0.357 e. The van der Waals surface area contributed by atoms with Crippen molar-refractivity contribution >= 4 is 28.9 Å². The maximum atomic E-state index is 13.6. The lowest BCUT2D eigenvalue weighted by Gasteiger charge is -2.17. The van der Waals surface area contributed by atoms with Crippen molar-refractivity contribution in [1.29, 1.82) is 0 Å². The molecular weight excluding hydrogens is 389 g/mol. The SMILES string of the molecule is CCNC(=NCC(=O)Nc1ccc(F)c(F)c1F)NC(C)Cc1ccc(C)s1. The highest BCUT2D eigenvalue weighted by atomic mass is 32.1. The first kappa shape index (κ1) is 21.7. The van der Waals surface area contributed by atoms with Crippen molar-refractivity contribution in [2.45, 2.75) is 33.2 Å². The van der Waals surface area contributed by atoms with E-state index < -0.39 is 29.0 Å². The first-order valence-corrected chi connectivity index (χ1v) is 9.65. The molecule has 9 heteroatoms. The lowest BCUT2D eigenvalue weighted by atomic mass is 10.2. The fraction of sp³-hybridized carbons (Fsp3) is 0.368. The van der Waals surface area contributed by atoms with Crippen LogP contribution in [0.1, 0.15) is 23.6 Å². The molecule has 1 heterocycles. The van der Waals surface area contributed by atoms with Crippen LogP contribution in [-0.2, 0) is 11.2 Å². The molecule has 0 aliphatic carbocycles. The highest BCUT2D eigenvalue weighted by molar-refractivity contribution is 7.11. The normalized spacial score (nSPS) is 12.6. The van der Waals surface area contributed by atoms with Gasteiger partial charge in [0.25, 0.3) is 0 Å². The first-order valence-electron chi connectivity index (χ1n) is 8.83. The molecule has 0 fully saturated rings. The summed E-state index contributed by atoms with van der Waals surface area (Å²) in [4.78, 5) is 18.6. The molecule has 1 aromatic carbocycles. The maximum Gasteiger partial charge on any atom is 0.246 e. The van der Waals surface area contributed by atoms with Crippen LogP contribution in [0.5, 0.6) is 0 Å². The summed E-state index contributed by atoms with van der Waals surface area (Å²) in [6, 6.07) is 5.92. The van der Waals surface area contributed by atoms with Crippen LogP contribution in [0.4, 0.5) is 18.9 Å². The number of nitrogens with one attached hydrogen (secondary N) is 3. The number of carbonyl (C=O) groups is 1. The van der Waals surface area contributed by atoms with Gasteiger partial charge in [0.15, 0.2) is 23.4 Å². The second-order valence-electron chi connectivity index (χ2n) is 6.23. The van der Waals surface area contributed by atoms with Gasteiger partial charge in [-0.2, -0.15) is 0 Å². The number of nitrogens with zero attached hydrogens (tertiary/aromatic N) is 1. The molecule has 3 N–H and O–H groups in total. The number of hydrogen-bond acceptors (Lipinski definition) is 3. The molecule has 1 atom stereocenters. The Morgan fingerprint density at radius 1 is 1.18 bits per heavy atom. The van der Waals surface area contributed by atoms with E-state index in [2.05, 4.69) is 33.1 Å². The fourth-order valence-corrected chi connectivity index (χ4v) is 3.48. The summed E-state index contributed by atoms with van der Waals surface area (Å²) in [5, 5.41) is 8.43. The Labute approximate surface area is 166 Å². The summed E-state index contributed by atoms with van der Waals surface area (Å²) in [5.74, 6) is -4.61. The van der Waals surface area contributed by atoms with Gasteiger partial charge in [0.1, 0.15) is 6.54 Å².